The van der Waals surface area contributed by atoms with Gasteiger partial charge in [-0.15, -0.1) is 5.10 Å². The minimum absolute atomic E-state index is 0.144. The van der Waals surface area contributed by atoms with Gasteiger partial charge in [0.1, 0.15) is 0 Å². The monoisotopic (exact) mass is 186 g/mol. The molecular formula is C6H10N4OS. The first-order valence-electron chi connectivity index (χ1n) is 3.44. The van der Waals surface area contributed by atoms with Crippen LogP contribution in [0.4, 0.5) is 0 Å². The van der Waals surface area contributed by atoms with Crippen molar-refractivity contribution in [3.05, 3.63) is 10.6 Å². The van der Waals surface area contributed by atoms with Crippen molar-refractivity contribution in [2.45, 2.75) is 19.4 Å². The van der Waals surface area contributed by atoms with Gasteiger partial charge in [-0.25, -0.2) is 0 Å². The average molecular weight is 186 g/mol. The van der Waals surface area contributed by atoms with E-state index in [1.807, 2.05) is 0 Å². The fourth-order valence-electron chi connectivity index (χ4n) is 0.886. The number of nitrogens with two attached hydrogens (primary N) is 2. The molecule has 1 heterocycles. The molecule has 12 heavy (non-hydrogen) atoms. The molecule has 0 aliphatic carbocycles. The highest BCUT2D eigenvalue weighted by Crippen LogP contribution is 2.19. The first-order chi connectivity index (χ1) is 5.61. The number of hydrogen-bond donors (Lipinski definition) is 2. The van der Waals surface area contributed by atoms with E-state index >= 15 is 0 Å². The lowest BCUT2D eigenvalue weighted by atomic mass is 10.1. The highest BCUT2D eigenvalue weighted by Gasteiger charge is 2.14. The van der Waals surface area contributed by atoms with Crippen molar-refractivity contribution in [2.24, 2.45) is 11.5 Å². The van der Waals surface area contributed by atoms with E-state index in [1.165, 1.54) is 11.5 Å². The molecule has 0 bridgehead atoms. The third-order valence-electron chi connectivity index (χ3n) is 1.44. The number of primary amides is 1. The molecule has 1 rings (SSSR count). The molecule has 0 aromatic carbocycles. The van der Waals surface area contributed by atoms with Crippen LogP contribution in [0.2, 0.25) is 0 Å². The maximum absolute atomic E-state index is 10.5. The van der Waals surface area contributed by atoms with E-state index < -0.39 is 5.91 Å². The zero-order chi connectivity index (χ0) is 9.14. The van der Waals surface area contributed by atoms with Crippen molar-refractivity contribution >= 4 is 17.4 Å². The summed E-state index contributed by atoms with van der Waals surface area (Å²) in [5, 5.41) is 3.78. The number of aryl methyl sites for hydroxylation is 1. The first-order valence-corrected chi connectivity index (χ1v) is 4.21. The molecule has 1 atom stereocenters. The molecule has 0 aliphatic heterocycles. The largest absolute Gasteiger partial charge is 0.370 e. The molecule has 0 fully saturated rings. The quantitative estimate of drug-likeness (QED) is 0.678. The third-order valence-corrected chi connectivity index (χ3v) is 2.40. The van der Waals surface area contributed by atoms with Gasteiger partial charge in [-0.3, -0.25) is 4.79 Å². The van der Waals surface area contributed by atoms with E-state index in [1.54, 1.807) is 6.92 Å². The number of amides is 1. The molecule has 0 radical (unpaired) electrons. The molecule has 0 saturated carbocycles. The van der Waals surface area contributed by atoms with Crippen molar-refractivity contribution in [1.29, 1.82) is 0 Å². The highest BCUT2D eigenvalue weighted by molar-refractivity contribution is 7.05. The Kier molecular flexibility index (Phi) is 2.72. The Morgan fingerprint density at radius 3 is 2.83 bits per heavy atom. The van der Waals surface area contributed by atoms with Crippen LogP contribution in [0.5, 0.6) is 0 Å². The van der Waals surface area contributed by atoms with E-state index in [9.17, 15) is 4.79 Å². The lowest BCUT2D eigenvalue weighted by Gasteiger charge is -2.05. The Labute approximate surface area is 73.9 Å². The second-order valence-corrected chi connectivity index (χ2v) is 3.29. The average Bonchev–Trinajstić information content (AvgIpc) is 2.33. The summed E-state index contributed by atoms with van der Waals surface area (Å²) in [5.74, 6) is -0.407. The van der Waals surface area contributed by atoms with Crippen LogP contribution in [-0.4, -0.2) is 15.5 Å². The fourth-order valence-corrected chi connectivity index (χ4v) is 1.53. The third kappa shape index (κ3) is 1.99. The van der Waals surface area contributed by atoms with Crippen LogP contribution < -0.4 is 11.5 Å². The number of aromatic nitrogens is 2. The smallest absolute Gasteiger partial charge is 0.219 e. The van der Waals surface area contributed by atoms with Crippen molar-refractivity contribution in [2.75, 3.05) is 0 Å². The summed E-state index contributed by atoms with van der Waals surface area (Å²) < 4.78 is 3.71. The Balaban J connectivity index is 2.71. The minimum atomic E-state index is -0.407. The predicted molar refractivity (Wildman–Crippen MR) is 45.4 cm³/mol. The molecule has 0 aliphatic rings. The number of rotatable bonds is 3. The molecule has 0 unspecified atom stereocenters. The van der Waals surface area contributed by atoms with Crippen LogP contribution in [0.25, 0.3) is 0 Å². The normalized spacial score (nSPS) is 12.8. The van der Waals surface area contributed by atoms with E-state index in [2.05, 4.69) is 9.59 Å². The van der Waals surface area contributed by atoms with Crippen molar-refractivity contribution < 1.29 is 4.79 Å². The van der Waals surface area contributed by atoms with E-state index in [0.717, 1.165) is 10.6 Å². The molecule has 1 aromatic heterocycles. The Morgan fingerprint density at radius 2 is 2.42 bits per heavy atom. The Hall–Kier alpha value is -1.01. The van der Waals surface area contributed by atoms with Gasteiger partial charge in [0.15, 0.2) is 0 Å². The SMILES string of the molecule is Cc1nnsc1[C@@H](N)CC(N)=O. The zero-order valence-corrected chi connectivity index (χ0v) is 7.47. The predicted octanol–water partition coefficient (Wildman–Crippen LogP) is -0.278. The summed E-state index contributed by atoms with van der Waals surface area (Å²) in [7, 11) is 0. The molecule has 4 N–H and O–H groups in total. The first kappa shape index (κ1) is 9.08. The van der Waals surface area contributed by atoms with Crippen LogP contribution >= 0.6 is 11.5 Å². The summed E-state index contributed by atoms with van der Waals surface area (Å²) in [6.07, 6.45) is 0.144. The van der Waals surface area contributed by atoms with Gasteiger partial charge in [0.05, 0.1) is 16.6 Å². The van der Waals surface area contributed by atoms with Gasteiger partial charge in [-0.05, 0) is 18.5 Å². The molecule has 66 valence electrons. The van der Waals surface area contributed by atoms with Gasteiger partial charge in [0.2, 0.25) is 5.91 Å². The topological polar surface area (TPSA) is 94.9 Å². The highest BCUT2D eigenvalue weighted by atomic mass is 32.1. The molecule has 0 saturated heterocycles. The maximum Gasteiger partial charge on any atom is 0.219 e. The molecule has 0 spiro atoms. The molecule has 5 nitrogen and oxygen atoms in total. The van der Waals surface area contributed by atoms with Crippen molar-refractivity contribution in [1.82, 2.24) is 9.59 Å². The van der Waals surface area contributed by atoms with Gasteiger partial charge >= 0.3 is 0 Å². The number of carbonyl (C=O) groups is 1. The minimum Gasteiger partial charge on any atom is -0.370 e. The van der Waals surface area contributed by atoms with Gasteiger partial charge in [-0.2, -0.15) is 0 Å². The summed E-state index contributed by atoms with van der Waals surface area (Å²) in [5.41, 5.74) is 11.4. The standard InChI is InChI=1S/C6H10N4OS/c1-3-6(12-10-9-3)4(7)2-5(8)11/h4H,2,7H2,1H3,(H2,8,11)/t4-/m0/s1. The van der Waals surface area contributed by atoms with Gasteiger partial charge in [-0.1, -0.05) is 4.49 Å². The van der Waals surface area contributed by atoms with Crippen LogP contribution in [0.15, 0.2) is 0 Å². The van der Waals surface area contributed by atoms with Crippen LogP contribution in [0.1, 0.15) is 23.0 Å². The maximum atomic E-state index is 10.5. The molecular weight excluding hydrogens is 176 g/mol. The molecule has 1 amide bonds. The lowest BCUT2D eigenvalue weighted by molar-refractivity contribution is -0.118. The summed E-state index contributed by atoms with van der Waals surface area (Å²) in [6.45, 7) is 1.81. The molecule has 6 heteroatoms. The zero-order valence-electron chi connectivity index (χ0n) is 6.65. The van der Waals surface area contributed by atoms with Crippen LogP contribution in [-0.2, 0) is 4.79 Å². The van der Waals surface area contributed by atoms with Crippen LogP contribution in [0, 0.1) is 6.92 Å². The van der Waals surface area contributed by atoms with E-state index in [-0.39, 0.29) is 12.5 Å². The van der Waals surface area contributed by atoms with Crippen LogP contribution in [0.3, 0.4) is 0 Å². The van der Waals surface area contributed by atoms with Crippen molar-refractivity contribution in [3.63, 3.8) is 0 Å². The van der Waals surface area contributed by atoms with E-state index in [0.29, 0.717) is 0 Å². The summed E-state index contributed by atoms with van der Waals surface area (Å²) in [4.78, 5) is 11.3. The fraction of sp³-hybridized carbons (Fsp3) is 0.500. The second-order valence-electron chi connectivity index (χ2n) is 2.50. The number of nitrogens with zero attached hydrogens (tertiary/aromatic N) is 2. The van der Waals surface area contributed by atoms with Gasteiger partial charge in [0, 0.05) is 6.42 Å². The Bertz CT molecular complexity index is 285. The van der Waals surface area contributed by atoms with E-state index in [4.69, 9.17) is 11.5 Å². The summed E-state index contributed by atoms with van der Waals surface area (Å²) in [6, 6.07) is -0.359. The van der Waals surface area contributed by atoms with Crippen molar-refractivity contribution in [3.8, 4) is 0 Å². The number of hydrogen-bond acceptors (Lipinski definition) is 5. The Morgan fingerprint density at radius 1 is 1.75 bits per heavy atom. The lowest BCUT2D eigenvalue weighted by Crippen LogP contribution is -2.20. The summed E-state index contributed by atoms with van der Waals surface area (Å²) >= 11 is 1.21. The number of carbonyl (C=O) groups excluding carboxylic acids is 1. The second kappa shape index (κ2) is 3.59. The van der Waals surface area contributed by atoms with Gasteiger partial charge in [0.25, 0.3) is 0 Å². The molecule has 1 aromatic rings. The van der Waals surface area contributed by atoms with Gasteiger partial charge < -0.3 is 11.5 Å².